The van der Waals surface area contributed by atoms with Gasteiger partial charge in [0.1, 0.15) is 0 Å². The molecule has 204 valence electrons. The highest BCUT2D eigenvalue weighted by molar-refractivity contribution is 7.07. The van der Waals surface area contributed by atoms with Crippen molar-refractivity contribution in [3.05, 3.63) is 102 Å². The molecule has 1 N–H and O–H groups in total. The van der Waals surface area contributed by atoms with E-state index in [4.69, 9.17) is 9.47 Å². The van der Waals surface area contributed by atoms with Gasteiger partial charge in [0, 0.05) is 5.56 Å². The van der Waals surface area contributed by atoms with Crippen molar-refractivity contribution in [1.82, 2.24) is 4.57 Å². The number of hydrogen-bond donors (Lipinski definition) is 1. The molecule has 0 fully saturated rings. The first kappa shape index (κ1) is 28.1. The maximum atomic E-state index is 13.9. The number of phenolic OH excluding ortho intramolecular Hbond substituents is 1. The number of carbonyl (C=O) groups excluding carboxylic acids is 1. The molecule has 7 nitrogen and oxygen atoms in total. The molecule has 0 spiro atoms. The summed E-state index contributed by atoms with van der Waals surface area (Å²) in [5.41, 5.74) is 3.94. The summed E-state index contributed by atoms with van der Waals surface area (Å²) in [6.07, 6.45) is 3.91. The van der Waals surface area contributed by atoms with Gasteiger partial charge >= 0.3 is 5.97 Å². The lowest BCUT2D eigenvalue weighted by atomic mass is 9.93. The Bertz CT molecular complexity index is 1610. The largest absolute Gasteiger partial charge is 0.504 e. The standard InChI is InChI=1S/C31H34N2O5S/c1-7-10-23-15-20(16-24(28(23)34)37-8-2)17-25-29(35)33-27(22-13-11-21(12-14-22)18(4)5)26(30(36)38-9-3)19(6)32-31(33)39-25/h7,11-18,27,34H,1,8-10H2,2-6H3/b25-17-. The molecule has 4 rings (SSSR count). The van der Waals surface area contributed by atoms with Crippen LogP contribution in [0.2, 0.25) is 0 Å². The first-order valence-corrected chi connectivity index (χ1v) is 13.9. The number of ether oxygens (including phenoxy) is 2. The lowest BCUT2D eigenvalue weighted by molar-refractivity contribution is -0.139. The summed E-state index contributed by atoms with van der Waals surface area (Å²) in [5.74, 6) is 0.273. The van der Waals surface area contributed by atoms with Crippen LogP contribution in [0.4, 0.5) is 0 Å². The average molecular weight is 547 g/mol. The molecule has 0 saturated heterocycles. The third-order valence-corrected chi connectivity index (χ3v) is 7.56. The normalized spacial score (nSPS) is 15.2. The maximum Gasteiger partial charge on any atom is 0.338 e. The number of fused-ring (bicyclic) bond motifs is 1. The van der Waals surface area contributed by atoms with E-state index >= 15 is 0 Å². The molecule has 3 aromatic rings. The molecule has 0 radical (unpaired) electrons. The van der Waals surface area contributed by atoms with Gasteiger partial charge in [-0.1, -0.05) is 55.5 Å². The minimum Gasteiger partial charge on any atom is -0.504 e. The summed E-state index contributed by atoms with van der Waals surface area (Å²) >= 11 is 1.26. The van der Waals surface area contributed by atoms with Crippen molar-refractivity contribution in [2.45, 2.75) is 53.0 Å². The number of benzene rings is 2. The minimum absolute atomic E-state index is 0.0647. The molecule has 0 aliphatic carbocycles. The van der Waals surface area contributed by atoms with Crippen molar-refractivity contribution in [3.8, 4) is 11.5 Å². The van der Waals surface area contributed by atoms with Crippen LogP contribution in [0.1, 0.15) is 68.8 Å². The highest BCUT2D eigenvalue weighted by Gasteiger charge is 2.33. The van der Waals surface area contributed by atoms with E-state index in [1.54, 1.807) is 36.6 Å². The monoisotopic (exact) mass is 546 g/mol. The average Bonchev–Trinajstić information content (AvgIpc) is 3.20. The fraction of sp³-hybridized carbons (Fsp3) is 0.323. The molecule has 1 aliphatic heterocycles. The van der Waals surface area contributed by atoms with Gasteiger partial charge < -0.3 is 14.6 Å². The van der Waals surface area contributed by atoms with Crippen LogP contribution in [-0.4, -0.2) is 28.9 Å². The summed E-state index contributed by atoms with van der Waals surface area (Å²) in [7, 11) is 0. The molecule has 0 bridgehead atoms. The van der Waals surface area contributed by atoms with E-state index in [9.17, 15) is 14.7 Å². The van der Waals surface area contributed by atoms with Crippen LogP contribution in [0, 0.1) is 0 Å². The number of phenols is 1. The Morgan fingerprint density at radius 1 is 1.21 bits per heavy atom. The Morgan fingerprint density at radius 2 is 1.92 bits per heavy atom. The summed E-state index contributed by atoms with van der Waals surface area (Å²) < 4.78 is 13.0. The fourth-order valence-corrected chi connectivity index (χ4v) is 5.72. The van der Waals surface area contributed by atoms with E-state index in [0.717, 1.165) is 11.1 Å². The quantitative estimate of drug-likeness (QED) is 0.309. The lowest BCUT2D eigenvalue weighted by Gasteiger charge is -2.25. The maximum absolute atomic E-state index is 13.9. The Hall–Kier alpha value is -3.91. The van der Waals surface area contributed by atoms with Crippen molar-refractivity contribution in [2.24, 2.45) is 4.99 Å². The Morgan fingerprint density at radius 3 is 2.54 bits per heavy atom. The zero-order chi connectivity index (χ0) is 28.3. The second-order valence-corrected chi connectivity index (χ2v) is 10.6. The first-order chi connectivity index (χ1) is 18.7. The number of thiazole rings is 1. The van der Waals surface area contributed by atoms with Crippen LogP contribution in [-0.2, 0) is 16.0 Å². The highest BCUT2D eigenvalue weighted by Crippen LogP contribution is 2.33. The van der Waals surface area contributed by atoms with Gasteiger partial charge in [0.25, 0.3) is 5.56 Å². The van der Waals surface area contributed by atoms with Crippen molar-refractivity contribution in [2.75, 3.05) is 13.2 Å². The molecule has 0 amide bonds. The lowest BCUT2D eigenvalue weighted by Crippen LogP contribution is -2.39. The van der Waals surface area contributed by atoms with Crippen LogP contribution in [0.3, 0.4) is 0 Å². The number of aromatic nitrogens is 1. The van der Waals surface area contributed by atoms with Gasteiger partial charge in [-0.2, -0.15) is 0 Å². The van der Waals surface area contributed by atoms with Gasteiger partial charge in [-0.15, -0.1) is 6.58 Å². The predicted molar refractivity (Wildman–Crippen MR) is 154 cm³/mol. The summed E-state index contributed by atoms with van der Waals surface area (Å²) in [6, 6.07) is 10.8. The number of allylic oxidation sites excluding steroid dienone is 2. The SMILES string of the molecule is C=CCc1cc(/C=c2\sc3n(c2=O)C(c2ccc(C(C)C)cc2)C(C(=O)OCC)=C(C)N=3)cc(OCC)c1O. The van der Waals surface area contributed by atoms with Crippen molar-refractivity contribution < 1.29 is 19.4 Å². The van der Waals surface area contributed by atoms with E-state index < -0.39 is 12.0 Å². The van der Waals surface area contributed by atoms with E-state index in [1.165, 1.54) is 11.3 Å². The van der Waals surface area contributed by atoms with Crippen LogP contribution in [0.15, 0.2) is 70.1 Å². The van der Waals surface area contributed by atoms with E-state index in [0.29, 0.717) is 56.4 Å². The van der Waals surface area contributed by atoms with Crippen LogP contribution < -0.4 is 19.6 Å². The molecule has 1 atom stereocenters. The van der Waals surface area contributed by atoms with Crippen LogP contribution in [0.5, 0.6) is 11.5 Å². The molecule has 8 heteroatoms. The number of rotatable bonds is 9. The summed E-state index contributed by atoms with van der Waals surface area (Å²) in [5, 5.41) is 10.6. The fourth-order valence-electron chi connectivity index (χ4n) is 4.67. The molecular weight excluding hydrogens is 512 g/mol. The van der Waals surface area contributed by atoms with Crippen LogP contribution >= 0.6 is 11.3 Å². The predicted octanol–water partition coefficient (Wildman–Crippen LogP) is 4.75. The van der Waals surface area contributed by atoms with Crippen molar-refractivity contribution >= 4 is 23.4 Å². The van der Waals surface area contributed by atoms with Gasteiger partial charge in [-0.05, 0) is 68.0 Å². The molecule has 2 aromatic carbocycles. The van der Waals surface area contributed by atoms with Crippen molar-refractivity contribution in [3.63, 3.8) is 0 Å². The highest BCUT2D eigenvalue weighted by atomic mass is 32.1. The zero-order valence-corrected chi connectivity index (χ0v) is 23.8. The third-order valence-electron chi connectivity index (χ3n) is 6.57. The number of aromatic hydroxyl groups is 1. The van der Waals surface area contributed by atoms with Gasteiger partial charge in [0.05, 0.1) is 35.1 Å². The van der Waals surface area contributed by atoms with Gasteiger partial charge in [0.2, 0.25) is 0 Å². The summed E-state index contributed by atoms with van der Waals surface area (Å²) in [4.78, 5) is 32.2. The molecule has 1 aromatic heterocycles. The second kappa shape index (κ2) is 11.9. The van der Waals surface area contributed by atoms with E-state index in [-0.39, 0.29) is 17.9 Å². The minimum atomic E-state index is -0.668. The molecule has 0 saturated carbocycles. The van der Waals surface area contributed by atoms with Gasteiger partial charge in [-0.3, -0.25) is 9.36 Å². The first-order valence-electron chi connectivity index (χ1n) is 13.1. The smallest absolute Gasteiger partial charge is 0.338 e. The number of carbonyl (C=O) groups is 1. The van der Waals surface area contributed by atoms with Gasteiger partial charge in [0.15, 0.2) is 16.3 Å². The molecule has 1 aliphatic rings. The molecule has 2 heterocycles. The second-order valence-electron chi connectivity index (χ2n) is 9.58. The Labute approximate surface area is 232 Å². The number of nitrogens with zero attached hydrogens (tertiary/aromatic N) is 2. The number of esters is 1. The molecule has 1 unspecified atom stereocenters. The summed E-state index contributed by atoms with van der Waals surface area (Å²) in [6.45, 7) is 14.0. The number of hydrogen-bond acceptors (Lipinski definition) is 7. The van der Waals surface area contributed by atoms with Crippen LogP contribution in [0.25, 0.3) is 6.08 Å². The zero-order valence-electron chi connectivity index (χ0n) is 23.0. The molecular formula is C31H34N2O5S. The van der Waals surface area contributed by atoms with Gasteiger partial charge in [-0.25, -0.2) is 9.79 Å². The Balaban J connectivity index is 1.93. The Kier molecular flexibility index (Phi) is 8.55. The van der Waals surface area contributed by atoms with E-state index in [2.05, 4.69) is 25.4 Å². The topological polar surface area (TPSA) is 90.1 Å². The van der Waals surface area contributed by atoms with E-state index in [1.807, 2.05) is 37.3 Å². The third kappa shape index (κ3) is 5.61. The molecule has 39 heavy (non-hydrogen) atoms. The van der Waals surface area contributed by atoms with Crippen molar-refractivity contribution in [1.29, 1.82) is 0 Å².